The fourth-order valence-electron chi connectivity index (χ4n) is 1.36. The number of hydrogen-bond acceptors (Lipinski definition) is 4. The summed E-state index contributed by atoms with van der Waals surface area (Å²) < 4.78 is 5.39. The van der Waals surface area contributed by atoms with E-state index in [1.165, 1.54) is 6.21 Å². The van der Waals surface area contributed by atoms with Crippen LogP contribution in [0.5, 0.6) is 5.75 Å². The van der Waals surface area contributed by atoms with Crippen LogP contribution in [0.2, 0.25) is 5.02 Å². The van der Waals surface area contributed by atoms with E-state index < -0.39 is 11.8 Å². The van der Waals surface area contributed by atoms with Crippen molar-refractivity contribution in [2.24, 2.45) is 5.10 Å². The number of amides is 2. The van der Waals surface area contributed by atoms with Gasteiger partial charge in [0.15, 0.2) is 0 Å². The minimum absolute atomic E-state index is 0.374. The molecule has 2 N–H and O–H groups in total. The Bertz CT molecular complexity index is 518. The van der Waals surface area contributed by atoms with Gasteiger partial charge in [0.2, 0.25) is 0 Å². The number of halogens is 1. The molecule has 0 fully saturated rings. The number of nitrogens with zero attached hydrogens (tertiary/aromatic N) is 1. The van der Waals surface area contributed by atoms with E-state index in [0.29, 0.717) is 29.5 Å². The van der Waals surface area contributed by atoms with Gasteiger partial charge >= 0.3 is 11.8 Å². The van der Waals surface area contributed by atoms with Crippen molar-refractivity contribution in [3.8, 4) is 5.75 Å². The maximum atomic E-state index is 11.3. The number of carbonyl (C=O) groups is 2. The Kier molecular flexibility index (Phi) is 6.52. The first-order valence-corrected chi connectivity index (χ1v) is 6.49. The largest absolute Gasteiger partial charge is 0.493 e. The number of hydrazone groups is 1. The summed E-state index contributed by atoms with van der Waals surface area (Å²) in [5.74, 6) is -0.975. The third-order valence-electron chi connectivity index (χ3n) is 2.18. The van der Waals surface area contributed by atoms with Crippen LogP contribution in [0.1, 0.15) is 19.4 Å². The topological polar surface area (TPSA) is 79.8 Å². The van der Waals surface area contributed by atoms with Crippen LogP contribution in [-0.4, -0.2) is 31.2 Å². The molecule has 6 nitrogen and oxygen atoms in total. The standard InChI is InChI=1S/C13H16ClN3O3/c1-3-15-12(18)13(19)17-16-8-9-7-10(14)5-6-11(9)20-4-2/h5-8H,3-4H2,1-2H3,(H,15,18)(H,17,19)/b16-8-. The van der Waals surface area contributed by atoms with Gasteiger partial charge in [0.25, 0.3) is 0 Å². The highest BCUT2D eigenvalue weighted by molar-refractivity contribution is 6.35. The van der Waals surface area contributed by atoms with E-state index in [1.807, 2.05) is 6.92 Å². The van der Waals surface area contributed by atoms with E-state index in [0.717, 1.165) is 0 Å². The van der Waals surface area contributed by atoms with Crippen LogP contribution in [0.25, 0.3) is 0 Å². The first kappa shape index (κ1) is 16.0. The molecule has 0 heterocycles. The second kappa shape index (κ2) is 8.16. The van der Waals surface area contributed by atoms with E-state index in [9.17, 15) is 9.59 Å². The van der Waals surface area contributed by atoms with Crippen LogP contribution in [0.4, 0.5) is 0 Å². The van der Waals surface area contributed by atoms with E-state index in [-0.39, 0.29) is 0 Å². The molecule has 0 atom stereocenters. The third kappa shape index (κ3) is 4.89. The van der Waals surface area contributed by atoms with Gasteiger partial charge < -0.3 is 10.1 Å². The summed E-state index contributed by atoms with van der Waals surface area (Å²) in [5, 5.41) is 6.59. The minimum atomic E-state index is -0.830. The lowest BCUT2D eigenvalue weighted by atomic mass is 10.2. The van der Waals surface area contributed by atoms with Crippen LogP contribution in [0, 0.1) is 0 Å². The predicted molar refractivity (Wildman–Crippen MR) is 77.0 cm³/mol. The van der Waals surface area contributed by atoms with Crippen LogP contribution >= 0.6 is 11.6 Å². The van der Waals surface area contributed by atoms with Crippen molar-refractivity contribution in [3.05, 3.63) is 28.8 Å². The number of likely N-dealkylation sites (N-methyl/N-ethyl adjacent to an activating group) is 1. The summed E-state index contributed by atoms with van der Waals surface area (Å²) in [6.07, 6.45) is 1.37. The molecule has 0 spiro atoms. The van der Waals surface area contributed by atoms with Gasteiger partial charge in [0, 0.05) is 17.1 Å². The lowest BCUT2D eigenvalue weighted by Gasteiger charge is -2.06. The second-order valence-electron chi connectivity index (χ2n) is 3.67. The first-order chi connectivity index (χ1) is 9.58. The summed E-state index contributed by atoms with van der Waals surface area (Å²) in [6, 6.07) is 5.05. The Morgan fingerprint density at radius 1 is 1.35 bits per heavy atom. The highest BCUT2D eigenvalue weighted by atomic mass is 35.5. The molecule has 20 heavy (non-hydrogen) atoms. The number of nitrogens with one attached hydrogen (secondary N) is 2. The Balaban J connectivity index is 2.72. The average Bonchev–Trinajstić information content (AvgIpc) is 2.42. The molecule has 0 aromatic heterocycles. The minimum Gasteiger partial charge on any atom is -0.493 e. The number of ether oxygens (including phenoxy) is 1. The Hall–Kier alpha value is -2.08. The molecule has 0 saturated heterocycles. The van der Waals surface area contributed by atoms with Crippen molar-refractivity contribution in [2.75, 3.05) is 13.2 Å². The molecule has 0 aliphatic rings. The third-order valence-corrected chi connectivity index (χ3v) is 2.42. The van der Waals surface area contributed by atoms with E-state index >= 15 is 0 Å². The van der Waals surface area contributed by atoms with Crippen molar-refractivity contribution in [1.29, 1.82) is 0 Å². The molecule has 1 aromatic rings. The molecule has 0 unspecified atom stereocenters. The molecule has 1 rings (SSSR count). The SMILES string of the molecule is CCNC(=O)C(=O)N/N=C\c1cc(Cl)ccc1OCC. The quantitative estimate of drug-likeness (QED) is 0.489. The van der Waals surface area contributed by atoms with Crippen LogP contribution in [0.15, 0.2) is 23.3 Å². The zero-order valence-electron chi connectivity index (χ0n) is 11.3. The Morgan fingerprint density at radius 2 is 2.10 bits per heavy atom. The second-order valence-corrected chi connectivity index (χ2v) is 4.11. The maximum Gasteiger partial charge on any atom is 0.329 e. The highest BCUT2D eigenvalue weighted by Crippen LogP contribution is 2.21. The van der Waals surface area contributed by atoms with Gasteiger partial charge in [0.05, 0.1) is 12.8 Å². The molecule has 0 aliphatic carbocycles. The molecule has 2 amide bonds. The van der Waals surface area contributed by atoms with Crippen molar-refractivity contribution >= 4 is 29.6 Å². The number of carbonyl (C=O) groups excluding carboxylic acids is 2. The summed E-state index contributed by atoms with van der Waals surface area (Å²) in [6.45, 7) is 4.44. The molecule has 7 heteroatoms. The fourth-order valence-corrected chi connectivity index (χ4v) is 1.54. The lowest BCUT2D eigenvalue weighted by Crippen LogP contribution is -2.37. The average molecular weight is 298 g/mol. The van der Waals surface area contributed by atoms with E-state index in [4.69, 9.17) is 16.3 Å². The van der Waals surface area contributed by atoms with Crippen LogP contribution in [-0.2, 0) is 9.59 Å². The molecule has 0 bridgehead atoms. The van der Waals surface area contributed by atoms with Gasteiger partial charge in [-0.05, 0) is 32.0 Å². The summed E-state index contributed by atoms with van der Waals surface area (Å²) in [4.78, 5) is 22.5. The Labute approximate surface area is 122 Å². The Morgan fingerprint density at radius 3 is 2.75 bits per heavy atom. The van der Waals surface area contributed by atoms with Gasteiger partial charge in [-0.1, -0.05) is 11.6 Å². The maximum absolute atomic E-state index is 11.3. The van der Waals surface area contributed by atoms with Crippen molar-refractivity contribution in [2.45, 2.75) is 13.8 Å². The summed E-state index contributed by atoms with van der Waals surface area (Å²) >= 11 is 5.88. The molecule has 1 aromatic carbocycles. The monoisotopic (exact) mass is 297 g/mol. The fraction of sp³-hybridized carbons (Fsp3) is 0.308. The number of benzene rings is 1. The molecule has 108 valence electrons. The molecular weight excluding hydrogens is 282 g/mol. The summed E-state index contributed by atoms with van der Waals surface area (Å²) in [5.41, 5.74) is 2.73. The number of rotatable bonds is 5. The summed E-state index contributed by atoms with van der Waals surface area (Å²) in [7, 11) is 0. The molecule has 0 radical (unpaired) electrons. The molecule has 0 saturated carbocycles. The van der Waals surface area contributed by atoms with Crippen molar-refractivity contribution in [3.63, 3.8) is 0 Å². The predicted octanol–water partition coefficient (Wildman–Crippen LogP) is 1.32. The zero-order valence-corrected chi connectivity index (χ0v) is 12.0. The first-order valence-electron chi connectivity index (χ1n) is 6.12. The smallest absolute Gasteiger partial charge is 0.329 e. The molecule has 0 aliphatic heterocycles. The highest BCUT2D eigenvalue weighted by Gasteiger charge is 2.10. The van der Waals surface area contributed by atoms with E-state index in [2.05, 4.69) is 15.8 Å². The van der Waals surface area contributed by atoms with Gasteiger partial charge in [-0.2, -0.15) is 5.10 Å². The van der Waals surface area contributed by atoms with Crippen LogP contribution < -0.4 is 15.5 Å². The van der Waals surface area contributed by atoms with Crippen molar-refractivity contribution < 1.29 is 14.3 Å². The lowest BCUT2D eigenvalue weighted by molar-refractivity contribution is -0.139. The van der Waals surface area contributed by atoms with Gasteiger partial charge in [-0.15, -0.1) is 0 Å². The zero-order chi connectivity index (χ0) is 15.0. The van der Waals surface area contributed by atoms with Gasteiger partial charge in [-0.3, -0.25) is 9.59 Å². The van der Waals surface area contributed by atoms with E-state index in [1.54, 1.807) is 25.1 Å². The van der Waals surface area contributed by atoms with Gasteiger partial charge in [0.1, 0.15) is 5.75 Å². The van der Waals surface area contributed by atoms with Crippen LogP contribution in [0.3, 0.4) is 0 Å². The van der Waals surface area contributed by atoms with Gasteiger partial charge in [-0.25, -0.2) is 5.43 Å². The van der Waals surface area contributed by atoms with Crippen molar-refractivity contribution in [1.82, 2.24) is 10.7 Å². The normalized spacial score (nSPS) is 10.3. The number of hydrogen-bond donors (Lipinski definition) is 2. The molecular formula is C13H16ClN3O3.